The molecule has 3 heteroatoms. The van der Waals surface area contributed by atoms with E-state index in [4.69, 9.17) is 5.73 Å². The molecule has 0 heterocycles. The third-order valence-electron chi connectivity index (χ3n) is 2.01. The standard InChI is InChI=1S/C11H20N2O/c1-4-10(11(14)13-3)7-5-6-9(2)8-12/h5-7,9H,4,8,12H2,1-3H3,(H,13,14)/b6-5-,10-7+. The van der Waals surface area contributed by atoms with E-state index in [1.165, 1.54) is 0 Å². The molecule has 0 fully saturated rings. The molecule has 0 aliphatic rings. The van der Waals surface area contributed by atoms with E-state index >= 15 is 0 Å². The Bertz CT molecular complexity index is 231. The number of amides is 1. The molecule has 0 aliphatic carbocycles. The van der Waals surface area contributed by atoms with E-state index in [1.807, 2.05) is 32.1 Å². The summed E-state index contributed by atoms with van der Waals surface area (Å²) in [6, 6.07) is 0. The average Bonchev–Trinajstić information content (AvgIpc) is 2.22. The fourth-order valence-electron chi connectivity index (χ4n) is 0.955. The van der Waals surface area contributed by atoms with Crippen LogP contribution in [-0.4, -0.2) is 19.5 Å². The van der Waals surface area contributed by atoms with Gasteiger partial charge in [-0.25, -0.2) is 0 Å². The molecule has 0 saturated heterocycles. The van der Waals surface area contributed by atoms with Crippen LogP contribution in [0.3, 0.4) is 0 Å². The molecule has 1 atom stereocenters. The largest absolute Gasteiger partial charge is 0.355 e. The summed E-state index contributed by atoms with van der Waals surface area (Å²) in [5.74, 6) is 0.339. The van der Waals surface area contributed by atoms with Crippen molar-refractivity contribution in [1.82, 2.24) is 5.32 Å². The summed E-state index contributed by atoms with van der Waals surface area (Å²) in [6.07, 6.45) is 6.47. The van der Waals surface area contributed by atoms with E-state index in [0.717, 1.165) is 12.0 Å². The van der Waals surface area contributed by atoms with Crippen molar-refractivity contribution in [3.05, 3.63) is 23.8 Å². The number of allylic oxidation sites excluding steroid dienone is 2. The van der Waals surface area contributed by atoms with Crippen molar-refractivity contribution in [2.75, 3.05) is 13.6 Å². The minimum atomic E-state index is -0.0162. The van der Waals surface area contributed by atoms with Gasteiger partial charge < -0.3 is 11.1 Å². The molecular weight excluding hydrogens is 176 g/mol. The number of carbonyl (C=O) groups excluding carboxylic acids is 1. The van der Waals surface area contributed by atoms with Crippen molar-refractivity contribution < 1.29 is 4.79 Å². The van der Waals surface area contributed by atoms with E-state index in [0.29, 0.717) is 12.5 Å². The third-order valence-corrected chi connectivity index (χ3v) is 2.01. The van der Waals surface area contributed by atoms with Crippen LogP contribution >= 0.6 is 0 Å². The maximum absolute atomic E-state index is 11.3. The van der Waals surface area contributed by atoms with Gasteiger partial charge in [0.15, 0.2) is 0 Å². The second-order valence-electron chi connectivity index (χ2n) is 3.22. The predicted octanol–water partition coefficient (Wildman–Crippen LogP) is 1.22. The molecule has 0 bridgehead atoms. The van der Waals surface area contributed by atoms with Gasteiger partial charge in [-0.2, -0.15) is 0 Å². The van der Waals surface area contributed by atoms with Crippen LogP contribution in [0.1, 0.15) is 20.3 Å². The SMILES string of the molecule is CC/C(=C\C=C/C(C)CN)C(=O)NC. The lowest BCUT2D eigenvalue weighted by atomic mass is 10.1. The topological polar surface area (TPSA) is 55.1 Å². The normalized spacial score (nSPS) is 14.4. The molecule has 0 radical (unpaired) electrons. The van der Waals surface area contributed by atoms with E-state index in [1.54, 1.807) is 7.05 Å². The van der Waals surface area contributed by atoms with Crippen molar-refractivity contribution in [2.24, 2.45) is 11.7 Å². The lowest BCUT2D eigenvalue weighted by Gasteiger charge is -2.01. The molecule has 0 spiro atoms. The van der Waals surface area contributed by atoms with Crippen LogP contribution in [0, 0.1) is 5.92 Å². The van der Waals surface area contributed by atoms with Crippen LogP contribution in [0.5, 0.6) is 0 Å². The van der Waals surface area contributed by atoms with Crippen LogP contribution in [0.4, 0.5) is 0 Å². The van der Waals surface area contributed by atoms with Crippen molar-refractivity contribution in [1.29, 1.82) is 0 Å². The molecule has 0 aromatic rings. The summed E-state index contributed by atoms with van der Waals surface area (Å²) in [7, 11) is 1.64. The highest BCUT2D eigenvalue weighted by molar-refractivity contribution is 5.93. The first kappa shape index (κ1) is 12.9. The van der Waals surface area contributed by atoms with Crippen molar-refractivity contribution in [2.45, 2.75) is 20.3 Å². The van der Waals surface area contributed by atoms with E-state index in [9.17, 15) is 4.79 Å². The number of nitrogens with one attached hydrogen (secondary N) is 1. The molecular formula is C11H20N2O. The molecule has 14 heavy (non-hydrogen) atoms. The number of carbonyl (C=O) groups is 1. The molecule has 3 N–H and O–H groups in total. The zero-order valence-electron chi connectivity index (χ0n) is 9.21. The molecule has 0 aromatic carbocycles. The average molecular weight is 196 g/mol. The Balaban J connectivity index is 4.31. The Morgan fingerprint density at radius 2 is 2.21 bits per heavy atom. The molecule has 0 rings (SSSR count). The van der Waals surface area contributed by atoms with Crippen LogP contribution < -0.4 is 11.1 Å². The third kappa shape index (κ3) is 4.82. The molecule has 0 aromatic heterocycles. The van der Waals surface area contributed by atoms with Gasteiger partial charge in [0.1, 0.15) is 0 Å². The van der Waals surface area contributed by atoms with E-state index < -0.39 is 0 Å². The van der Waals surface area contributed by atoms with Gasteiger partial charge in [0.2, 0.25) is 5.91 Å². The summed E-state index contributed by atoms with van der Waals surface area (Å²) in [6.45, 7) is 4.63. The van der Waals surface area contributed by atoms with Gasteiger partial charge in [0.05, 0.1) is 0 Å². The molecule has 1 amide bonds. The molecule has 0 aliphatic heterocycles. The second kappa shape index (κ2) is 7.33. The van der Waals surface area contributed by atoms with Gasteiger partial charge in [-0.15, -0.1) is 0 Å². The number of likely N-dealkylation sites (N-methyl/N-ethyl adjacent to an activating group) is 1. The number of rotatable bonds is 5. The number of hydrogen-bond acceptors (Lipinski definition) is 2. The first-order valence-electron chi connectivity index (χ1n) is 4.95. The Labute approximate surface area is 86.1 Å². The summed E-state index contributed by atoms with van der Waals surface area (Å²) < 4.78 is 0. The lowest BCUT2D eigenvalue weighted by Crippen LogP contribution is -2.19. The zero-order chi connectivity index (χ0) is 11.0. The van der Waals surface area contributed by atoms with Crippen LogP contribution in [0.25, 0.3) is 0 Å². The molecule has 0 saturated carbocycles. The Morgan fingerprint density at radius 3 is 2.64 bits per heavy atom. The first-order valence-corrected chi connectivity index (χ1v) is 4.95. The van der Waals surface area contributed by atoms with Crippen LogP contribution in [0.2, 0.25) is 0 Å². The first-order chi connectivity index (χ1) is 6.65. The summed E-state index contributed by atoms with van der Waals surface area (Å²) in [4.78, 5) is 11.3. The Hall–Kier alpha value is -1.09. The van der Waals surface area contributed by atoms with Gasteiger partial charge in [-0.3, -0.25) is 4.79 Å². The van der Waals surface area contributed by atoms with Crippen molar-refractivity contribution in [3.8, 4) is 0 Å². The Morgan fingerprint density at radius 1 is 1.57 bits per heavy atom. The maximum Gasteiger partial charge on any atom is 0.246 e. The molecule has 80 valence electrons. The highest BCUT2D eigenvalue weighted by atomic mass is 16.1. The minimum absolute atomic E-state index is 0.0162. The summed E-state index contributed by atoms with van der Waals surface area (Å²) >= 11 is 0. The number of hydrogen-bond donors (Lipinski definition) is 2. The highest BCUT2D eigenvalue weighted by Crippen LogP contribution is 2.02. The minimum Gasteiger partial charge on any atom is -0.355 e. The van der Waals surface area contributed by atoms with Crippen molar-refractivity contribution >= 4 is 5.91 Å². The highest BCUT2D eigenvalue weighted by Gasteiger charge is 2.01. The predicted molar refractivity (Wildman–Crippen MR) is 59.8 cm³/mol. The van der Waals surface area contributed by atoms with Crippen LogP contribution in [0.15, 0.2) is 23.8 Å². The molecule has 1 unspecified atom stereocenters. The second-order valence-corrected chi connectivity index (χ2v) is 3.22. The summed E-state index contributed by atoms with van der Waals surface area (Å²) in [5, 5.41) is 2.60. The van der Waals surface area contributed by atoms with Gasteiger partial charge in [0, 0.05) is 12.6 Å². The fourth-order valence-corrected chi connectivity index (χ4v) is 0.955. The van der Waals surface area contributed by atoms with E-state index in [2.05, 4.69) is 5.32 Å². The summed E-state index contributed by atoms with van der Waals surface area (Å²) in [5.41, 5.74) is 6.24. The van der Waals surface area contributed by atoms with Crippen molar-refractivity contribution in [3.63, 3.8) is 0 Å². The van der Waals surface area contributed by atoms with Gasteiger partial charge in [-0.05, 0) is 18.9 Å². The smallest absolute Gasteiger partial charge is 0.246 e. The van der Waals surface area contributed by atoms with Gasteiger partial charge in [-0.1, -0.05) is 32.1 Å². The van der Waals surface area contributed by atoms with Crippen LogP contribution in [-0.2, 0) is 4.79 Å². The van der Waals surface area contributed by atoms with Gasteiger partial charge in [0.25, 0.3) is 0 Å². The monoisotopic (exact) mass is 196 g/mol. The van der Waals surface area contributed by atoms with Gasteiger partial charge >= 0.3 is 0 Å². The lowest BCUT2D eigenvalue weighted by molar-refractivity contribution is -0.117. The Kier molecular flexibility index (Phi) is 6.76. The maximum atomic E-state index is 11.3. The van der Waals surface area contributed by atoms with E-state index in [-0.39, 0.29) is 5.91 Å². The zero-order valence-corrected chi connectivity index (χ0v) is 9.21. The fraction of sp³-hybridized carbons (Fsp3) is 0.545. The number of nitrogens with two attached hydrogens (primary N) is 1. The molecule has 3 nitrogen and oxygen atoms in total. The quantitative estimate of drug-likeness (QED) is 0.513.